The number of carbonyl (C=O) groups excluding carboxylic acids is 4. The third-order valence-corrected chi connectivity index (χ3v) is 3.30. The molecule has 3 N–H and O–H groups in total. The maximum Gasteiger partial charge on any atom is 0.313 e. The largest absolute Gasteiger partial charge is 0.465 e. The van der Waals surface area contributed by atoms with Crippen molar-refractivity contribution in [2.75, 3.05) is 25.4 Å². The third kappa shape index (κ3) is 9.51. The molecule has 8 nitrogen and oxygen atoms in total. The fraction of sp³-hybridized carbons (Fsp3) is 0.733. The van der Waals surface area contributed by atoms with Gasteiger partial charge in [-0.3, -0.25) is 19.2 Å². The van der Waals surface area contributed by atoms with Crippen LogP contribution in [0, 0.1) is 5.41 Å². The van der Waals surface area contributed by atoms with Crippen LogP contribution in [0.25, 0.3) is 0 Å². The Labute approximate surface area is 147 Å². The molecule has 0 fully saturated rings. The van der Waals surface area contributed by atoms with Gasteiger partial charge in [-0.25, -0.2) is 0 Å². The Hall–Kier alpha value is -1.61. The van der Waals surface area contributed by atoms with Gasteiger partial charge >= 0.3 is 5.97 Å². The number of esters is 1. The van der Waals surface area contributed by atoms with Crippen LogP contribution in [-0.4, -0.2) is 60.2 Å². The molecule has 0 heterocycles. The monoisotopic (exact) mass is 362 g/mol. The van der Waals surface area contributed by atoms with Crippen molar-refractivity contribution in [3.63, 3.8) is 0 Å². The highest BCUT2D eigenvalue weighted by Crippen LogP contribution is 2.21. The highest BCUT2D eigenvalue weighted by Gasteiger charge is 2.35. The molecule has 24 heavy (non-hydrogen) atoms. The molecule has 0 aromatic heterocycles. The Balaban J connectivity index is 4.26. The van der Waals surface area contributed by atoms with Crippen molar-refractivity contribution in [3.05, 3.63) is 0 Å². The van der Waals surface area contributed by atoms with E-state index in [1.165, 1.54) is 6.92 Å². The Kier molecular flexibility index (Phi) is 10.3. The molecule has 0 aromatic rings. The smallest absolute Gasteiger partial charge is 0.313 e. The number of nitrogens with one attached hydrogen (secondary N) is 2. The second-order valence-corrected chi connectivity index (χ2v) is 6.49. The number of ether oxygens (including phenoxy) is 1. The molecule has 2 amide bonds. The molecule has 0 saturated heterocycles. The van der Waals surface area contributed by atoms with Gasteiger partial charge in [-0.15, -0.1) is 0 Å². The second kappa shape index (κ2) is 11.0. The minimum absolute atomic E-state index is 0.0779. The fourth-order valence-electron chi connectivity index (χ4n) is 1.63. The van der Waals surface area contributed by atoms with Crippen molar-refractivity contribution in [3.8, 4) is 0 Å². The predicted molar refractivity (Wildman–Crippen MR) is 90.5 cm³/mol. The first-order valence-corrected chi connectivity index (χ1v) is 8.21. The van der Waals surface area contributed by atoms with Gasteiger partial charge in [0.2, 0.25) is 11.8 Å². The summed E-state index contributed by atoms with van der Waals surface area (Å²) in [5.74, 6) is -1.40. The summed E-state index contributed by atoms with van der Waals surface area (Å²) in [6.07, 6.45) is -1.69. The van der Waals surface area contributed by atoms with Gasteiger partial charge in [-0.1, -0.05) is 13.8 Å². The van der Waals surface area contributed by atoms with E-state index in [-0.39, 0.29) is 37.7 Å². The summed E-state index contributed by atoms with van der Waals surface area (Å²) < 4.78 is 4.90. The lowest BCUT2D eigenvalue weighted by molar-refractivity contribution is -0.154. The SMILES string of the molecule is CC(=O)CC(=O)OCC(C)(C)C(O)C(=O)NCCC(=O)NCCS. The number of aliphatic hydroxyl groups is 1. The van der Waals surface area contributed by atoms with Gasteiger partial charge in [0.1, 0.15) is 18.3 Å². The molecule has 0 aliphatic carbocycles. The highest BCUT2D eigenvalue weighted by atomic mass is 32.1. The van der Waals surface area contributed by atoms with E-state index in [1.807, 2.05) is 0 Å². The maximum atomic E-state index is 11.9. The average Bonchev–Trinajstić information content (AvgIpc) is 2.49. The van der Waals surface area contributed by atoms with Crippen molar-refractivity contribution in [2.45, 2.75) is 39.7 Å². The predicted octanol–water partition coefficient (Wildman–Crippen LogP) is -0.552. The minimum atomic E-state index is -1.43. The molecular formula is C15H26N2O6S. The normalized spacial score (nSPS) is 12.2. The van der Waals surface area contributed by atoms with Gasteiger partial charge < -0.3 is 20.5 Å². The van der Waals surface area contributed by atoms with E-state index in [0.29, 0.717) is 12.3 Å². The van der Waals surface area contributed by atoms with Crippen molar-refractivity contribution >= 4 is 36.2 Å². The molecule has 0 spiro atoms. The van der Waals surface area contributed by atoms with Crippen molar-refractivity contribution in [1.82, 2.24) is 10.6 Å². The number of rotatable bonds is 11. The lowest BCUT2D eigenvalue weighted by Crippen LogP contribution is -2.47. The minimum Gasteiger partial charge on any atom is -0.465 e. The maximum absolute atomic E-state index is 11.9. The van der Waals surface area contributed by atoms with E-state index in [0.717, 1.165) is 0 Å². The molecule has 0 aliphatic rings. The number of hydrogen-bond acceptors (Lipinski definition) is 7. The number of carbonyl (C=O) groups is 4. The van der Waals surface area contributed by atoms with Gasteiger partial charge in [0, 0.05) is 30.7 Å². The van der Waals surface area contributed by atoms with Gasteiger partial charge in [0.15, 0.2) is 0 Å². The van der Waals surface area contributed by atoms with Crippen LogP contribution in [-0.2, 0) is 23.9 Å². The quantitative estimate of drug-likeness (QED) is 0.222. The second-order valence-electron chi connectivity index (χ2n) is 6.05. The zero-order valence-electron chi connectivity index (χ0n) is 14.3. The van der Waals surface area contributed by atoms with Gasteiger partial charge in [-0.2, -0.15) is 12.6 Å². The highest BCUT2D eigenvalue weighted by molar-refractivity contribution is 7.80. The Morgan fingerprint density at radius 2 is 1.79 bits per heavy atom. The summed E-state index contributed by atoms with van der Waals surface area (Å²) in [7, 11) is 0. The van der Waals surface area contributed by atoms with E-state index < -0.39 is 23.4 Å². The summed E-state index contributed by atoms with van der Waals surface area (Å²) in [4.78, 5) is 45.4. The molecule has 1 atom stereocenters. The molecule has 0 aliphatic heterocycles. The zero-order chi connectivity index (χ0) is 18.8. The third-order valence-electron chi connectivity index (χ3n) is 3.07. The number of amides is 2. The van der Waals surface area contributed by atoms with Gasteiger partial charge in [0.25, 0.3) is 0 Å². The van der Waals surface area contributed by atoms with Crippen molar-refractivity contribution < 1.29 is 29.0 Å². The first-order chi connectivity index (χ1) is 11.1. The van der Waals surface area contributed by atoms with Crippen LogP contribution in [0.3, 0.4) is 0 Å². The molecule has 0 aromatic carbocycles. The van der Waals surface area contributed by atoms with E-state index in [4.69, 9.17) is 4.74 Å². The summed E-state index contributed by atoms with van der Waals surface area (Å²) in [6.45, 7) is 4.68. The molecule has 1 unspecified atom stereocenters. The zero-order valence-corrected chi connectivity index (χ0v) is 15.2. The number of Topliss-reactive ketones (excluding diaryl/α,β-unsaturated/α-hetero) is 1. The van der Waals surface area contributed by atoms with Crippen molar-refractivity contribution in [1.29, 1.82) is 0 Å². The van der Waals surface area contributed by atoms with Crippen LogP contribution in [0.2, 0.25) is 0 Å². The molecule has 0 radical (unpaired) electrons. The first kappa shape index (κ1) is 22.4. The van der Waals surface area contributed by atoms with Crippen LogP contribution in [0.15, 0.2) is 0 Å². The number of aliphatic hydroxyl groups excluding tert-OH is 1. The van der Waals surface area contributed by atoms with E-state index >= 15 is 0 Å². The van der Waals surface area contributed by atoms with Gasteiger partial charge in [0.05, 0.1) is 6.61 Å². The van der Waals surface area contributed by atoms with Gasteiger partial charge in [-0.05, 0) is 6.92 Å². The Bertz CT molecular complexity index is 467. The molecular weight excluding hydrogens is 336 g/mol. The van der Waals surface area contributed by atoms with Crippen LogP contribution in [0.5, 0.6) is 0 Å². The standard InChI is InChI=1S/C15H26N2O6S/c1-10(18)8-12(20)23-9-15(2,3)13(21)14(22)17-5-4-11(19)16-6-7-24/h13,21,24H,4-9H2,1-3H3,(H,16,19)(H,17,22). The number of thiol groups is 1. The summed E-state index contributed by atoms with van der Waals surface area (Å²) in [5, 5.41) is 15.1. The number of hydrogen-bond donors (Lipinski definition) is 4. The van der Waals surface area contributed by atoms with Crippen molar-refractivity contribution in [2.24, 2.45) is 5.41 Å². The molecule has 0 bridgehead atoms. The number of ketones is 1. The molecule has 9 heteroatoms. The topological polar surface area (TPSA) is 122 Å². The Morgan fingerprint density at radius 3 is 2.33 bits per heavy atom. The lowest BCUT2D eigenvalue weighted by atomic mass is 9.87. The fourth-order valence-corrected chi connectivity index (χ4v) is 1.75. The first-order valence-electron chi connectivity index (χ1n) is 7.58. The molecule has 0 saturated carbocycles. The Morgan fingerprint density at radius 1 is 1.17 bits per heavy atom. The molecule has 0 rings (SSSR count). The summed E-state index contributed by atoms with van der Waals surface area (Å²) >= 11 is 3.96. The van der Waals surface area contributed by atoms with Crippen LogP contribution in [0.4, 0.5) is 0 Å². The van der Waals surface area contributed by atoms with Crippen LogP contribution < -0.4 is 10.6 Å². The van der Waals surface area contributed by atoms with Crippen LogP contribution in [0.1, 0.15) is 33.6 Å². The summed E-state index contributed by atoms with van der Waals surface area (Å²) in [6, 6.07) is 0. The van der Waals surface area contributed by atoms with E-state index in [1.54, 1.807) is 13.8 Å². The van der Waals surface area contributed by atoms with Crippen LogP contribution >= 0.6 is 12.6 Å². The van der Waals surface area contributed by atoms with E-state index in [2.05, 4.69) is 23.3 Å². The lowest BCUT2D eigenvalue weighted by Gasteiger charge is -2.28. The average molecular weight is 362 g/mol. The molecule has 138 valence electrons. The summed E-state index contributed by atoms with van der Waals surface area (Å²) in [5.41, 5.74) is -1.04. The van der Waals surface area contributed by atoms with E-state index in [9.17, 15) is 24.3 Å².